The minimum absolute atomic E-state index is 0.172. The van der Waals surface area contributed by atoms with Gasteiger partial charge in [-0.15, -0.1) is 0 Å². The van der Waals surface area contributed by atoms with Gasteiger partial charge in [0, 0.05) is 32.4 Å². The maximum atomic E-state index is 12.7. The maximum absolute atomic E-state index is 12.7. The highest BCUT2D eigenvalue weighted by Gasteiger charge is 2.28. The van der Waals surface area contributed by atoms with Crippen molar-refractivity contribution in [3.8, 4) is 0 Å². The number of aromatic nitrogens is 1. The number of nitrogens with one attached hydrogen (secondary N) is 2. The summed E-state index contributed by atoms with van der Waals surface area (Å²) >= 11 is 0. The van der Waals surface area contributed by atoms with Crippen molar-refractivity contribution in [3.05, 3.63) is 57.4 Å². The molecule has 29 heavy (non-hydrogen) atoms. The van der Waals surface area contributed by atoms with Crippen LogP contribution in [-0.4, -0.2) is 59.3 Å². The average molecular weight is 398 g/mol. The fourth-order valence-corrected chi connectivity index (χ4v) is 4.14. The molecule has 8 nitrogen and oxygen atoms in total. The van der Waals surface area contributed by atoms with E-state index in [1.165, 1.54) is 25.5 Å². The average Bonchev–Trinajstić information content (AvgIpc) is 3.28. The quantitative estimate of drug-likeness (QED) is 0.793. The molecule has 0 aliphatic carbocycles. The normalized spacial score (nSPS) is 17.0. The summed E-state index contributed by atoms with van der Waals surface area (Å²) in [5, 5.41) is 2.90. The number of rotatable bonds is 5. The van der Waals surface area contributed by atoms with Crippen LogP contribution in [0.25, 0.3) is 0 Å². The van der Waals surface area contributed by atoms with Gasteiger partial charge in [-0.2, -0.15) is 0 Å². The summed E-state index contributed by atoms with van der Waals surface area (Å²) in [6.07, 6.45) is 7.20. The van der Waals surface area contributed by atoms with E-state index in [4.69, 9.17) is 4.42 Å². The second-order valence-electron chi connectivity index (χ2n) is 7.61. The fraction of sp³-hybridized carbons (Fsp3) is 0.476. The lowest BCUT2D eigenvalue weighted by Gasteiger charge is -2.29. The Balaban J connectivity index is 1.43. The number of pyridine rings is 1. The van der Waals surface area contributed by atoms with Gasteiger partial charge in [-0.25, -0.2) is 0 Å². The number of fused-ring (bicyclic) bond motifs is 1. The number of H-pyrrole nitrogens is 1. The number of furan rings is 1. The van der Waals surface area contributed by atoms with Crippen LogP contribution < -0.4 is 10.9 Å². The Morgan fingerprint density at radius 3 is 2.76 bits per heavy atom. The lowest BCUT2D eigenvalue weighted by molar-refractivity contribution is 0.0702. The van der Waals surface area contributed by atoms with E-state index in [1.807, 2.05) is 0 Å². The molecule has 2 N–H and O–H groups in total. The first kappa shape index (κ1) is 19.4. The number of hydrogen-bond donors (Lipinski definition) is 2. The highest BCUT2D eigenvalue weighted by atomic mass is 16.3. The van der Waals surface area contributed by atoms with Crippen LogP contribution >= 0.6 is 0 Å². The van der Waals surface area contributed by atoms with E-state index < -0.39 is 0 Å². The van der Waals surface area contributed by atoms with Crippen molar-refractivity contribution in [2.24, 2.45) is 0 Å². The topological polar surface area (TPSA) is 98.6 Å². The first-order valence-corrected chi connectivity index (χ1v) is 10.2. The Morgan fingerprint density at radius 1 is 1.17 bits per heavy atom. The highest BCUT2D eigenvalue weighted by Crippen LogP contribution is 2.21. The molecule has 2 aromatic heterocycles. The minimum atomic E-state index is -0.384. The fourth-order valence-electron chi connectivity index (χ4n) is 4.14. The molecule has 4 heterocycles. The summed E-state index contributed by atoms with van der Waals surface area (Å²) < 4.78 is 5.19. The Bertz CT molecular complexity index is 929. The summed E-state index contributed by atoms with van der Waals surface area (Å²) in [7, 11) is 0. The number of likely N-dealkylation sites (tertiary alicyclic amines) is 1. The molecule has 0 atom stereocenters. The number of nitrogens with zero attached hydrogens (tertiary/aromatic N) is 2. The Hall–Kier alpha value is -2.87. The molecule has 0 saturated carbocycles. The molecule has 0 spiro atoms. The van der Waals surface area contributed by atoms with Crippen molar-refractivity contribution in [2.75, 3.05) is 32.7 Å². The first-order chi connectivity index (χ1) is 14.1. The van der Waals surface area contributed by atoms with Crippen molar-refractivity contribution in [1.82, 2.24) is 20.1 Å². The third kappa shape index (κ3) is 4.27. The Labute approximate surface area is 168 Å². The zero-order chi connectivity index (χ0) is 20.2. The van der Waals surface area contributed by atoms with Crippen molar-refractivity contribution in [2.45, 2.75) is 32.2 Å². The molecule has 0 aromatic carbocycles. The predicted molar refractivity (Wildman–Crippen MR) is 107 cm³/mol. The molecule has 4 rings (SSSR count). The van der Waals surface area contributed by atoms with Gasteiger partial charge < -0.3 is 24.5 Å². The van der Waals surface area contributed by atoms with Gasteiger partial charge >= 0.3 is 0 Å². The van der Waals surface area contributed by atoms with E-state index in [-0.39, 0.29) is 28.7 Å². The molecule has 0 unspecified atom stereocenters. The van der Waals surface area contributed by atoms with Gasteiger partial charge in [-0.1, -0.05) is 6.42 Å². The number of carbonyl (C=O) groups excluding carboxylic acids is 2. The van der Waals surface area contributed by atoms with Gasteiger partial charge in [0.05, 0.1) is 6.26 Å². The number of piperidine rings is 1. The van der Waals surface area contributed by atoms with Crippen molar-refractivity contribution < 1.29 is 14.0 Å². The third-order valence-electron chi connectivity index (χ3n) is 5.70. The molecule has 0 bridgehead atoms. The Morgan fingerprint density at radius 2 is 2.00 bits per heavy atom. The highest BCUT2D eigenvalue weighted by molar-refractivity contribution is 5.96. The number of amides is 2. The van der Waals surface area contributed by atoms with Gasteiger partial charge in [-0.3, -0.25) is 14.4 Å². The molecule has 2 aliphatic rings. The smallest absolute Gasteiger partial charge is 0.289 e. The van der Waals surface area contributed by atoms with Crippen LogP contribution in [0.15, 0.2) is 33.8 Å². The van der Waals surface area contributed by atoms with Gasteiger partial charge in [-0.05, 0) is 55.6 Å². The second kappa shape index (κ2) is 8.65. The molecular formula is C21H26N4O4. The van der Waals surface area contributed by atoms with E-state index >= 15 is 0 Å². The summed E-state index contributed by atoms with van der Waals surface area (Å²) in [5.41, 5.74) is 1.31. The van der Waals surface area contributed by atoms with Crippen LogP contribution in [0.2, 0.25) is 0 Å². The standard InChI is InChI=1S/C21H26N4O4/c26-19(22-7-11-24-8-2-1-3-9-24)18-16-6-10-25(14-15(16)13-23-20(18)27)21(28)17-5-4-12-29-17/h4-5,12-13H,1-3,6-11,14H2,(H,22,26)(H,23,27). The lowest BCUT2D eigenvalue weighted by atomic mass is 9.96. The summed E-state index contributed by atoms with van der Waals surface area (Å²) in [5.74, 6) is -0.251. The SMILES string of the molecule is O=C(NCCN1CCCCC1)c1c2c(c[nH]c1=O)CN(C(=O)c1ccco1)CC2. The zero-order valence-electron chi connectivity index (χ0n) is 16.4. The summed E-state index contributed by atoms with van der Waals surface area (Å²) in [4.78, 5) is 44.3. The van der Waals surface area contributed by atoms with Crippen LogP contribution in [-0.2, 0) is 13.0 Å². The molecule has 1 fully saturated rings. The first-order valence-electron chi connectivity index (χ1n) is 10.2. The van der Waals surface area contributed by atoms with Crippen LogP contribution in [0.5, 0.6) is 0 Å². The van der Waals surface area contributed by atoms with E-state index in [9.17, 15) is 14.4 Å². The molecule has 8 heteroatoms. The van der Waals surface area contributed by atoms with Gasteiger partial charge in [0.15, 0.2) is 5.76 Å². The molecule has 1 saturated heterocycles. The summed E-state index contributed by atoms with van der Waals surface area (Å²) in [6, 6.07) is 3.31. The molecule has 154 valence electrons. The molecule has 2 aliphatic heterocycles. The maximum Gasteiger partial charge on any atom is 0.289 e. The van der Waals surface area contributed by atoms with Crippen LogP contribution in [0, 0.1) is 0 Å². The van der Waals surface area contributed by atoms with Crippen molar-refractivity contribution in [3.63, 3.8) is 0 Å². The number of aromatic amines is 1. The van der Waals surface area contributed by atoms with E-state index in [0.717, 1.165) is 30.8 Å². The number of hydrogen-bond acceptors (Lipinski definition) is 5. The third-order valence-corrected chi connectivity index (χ3v) is 5.70. The van der Waals surface area contributed by atoms with E-state index in [1.54, 1.807) is 23.2 Å². The zero-order valence-corrected chi connectivity index (χ0v) is 16.4. The second-order valence-corrected chi connectivity index (χ2v) is 7.61. The van der Waals surface area contributed by atoms with Gasteiger partial charge in [0.25, 0.3) is 17.4 Å². The monoisotopic (exact) mass is 398 g/mol. The summed E-state index contributed by atoms with van der Waals surface area (Å²) in [6.45, 7) is 4.21. The van der Waals surface area contributed by atoms with Crippen LogP contribution in [0.1, 0.15) is 51.3 Å². The van der Waals surface area contributed by atoms with E-state index in [2.05, 4.69) is 15.2 Å². The Kier molecular flexibility index (Phi) is 5.80. The molecule has 0 radical (unpaired) electrons. The van der Waals surface area contributed by atoms with Crippen LogP contribution in [0.3, 0.4) is 0 Å². The molecule has 2 aromatic rings. The largest absolute Gasteiger partial charge is 0.459 e. The van der Waals surface area contributed by atoms with Crippen molar-refractivity contribution >= 4 is 11.8 Å². The van der Waals surface area contributed by atoms with Crippen molar-refractivity contribution in [1.29, 1.82) is 0 Å². The van der Waals surface area contributed by atoms with E-state index in [0.29, 0.717) is 26.1 Å². The predicted octanol–water partition coefficient (Wildman–Crippen LogP) is 1.38. The lowest BCUT2D eigenvalue weighted by Crippen LogP contribution is -2.41. The molecule has 2 amide bonds. The minimum Gasteiger partial charge on any atom is -0.459 e. The van der Waals surface area contributed by atoms with Crippen LogP contribution in [0.4, 0.5) is 0 Å². The molecular weight excluding hydrogens is 372 g/mol. The number of carbonyl (C=O) groups is 2. The van der Waals surface area contributed by atoms with Gasteiger partial charge in [0.2, 0.25) is 0 Å². The van der Waals surface area contributed by atoms with Gasteiger partial charge in [0.1, 0.15) is 5.56 Å².